The summed E-state index contributed by atoms with van der Waals surface area (Å²) in [6.07, 6.45) is 53.4. The van der Waals surface area contributed by atoms with E-state index >= 15 is 0 Å². The average Bonchev–Trinajstić information content (AvgIpc) is 3.42. The summed E-state index contributed by atoms with van der Waals surface area (Å²) in [6, 6.07) is 0. The maximum atomic E-state index is 2.63. The van der Waals surface area contributed by atoms with Gasteiger partial charge in [-0.15, -0.1) is 0 Å². The number of hydrogen-bond acceptors (Lipinski definition) is 0. The number of rotatable bonds is 36. The molecule has 1 rings (SSSR count). The number of aromatic nitrogens is 2. The van der Waals surface area contributed by atoms with Crippen molar-refractivity contribution in [2.75, 3.05) is 0 Å². The Labute approximate surface area is 279 Å². The van der Waals surface area contributed by atoms with E-state index in [1.165, 1.54) is 231 Å². The summed E-state index contributed by atoms with van der Waals surface area (Å²) in [6.45, 7) is 9.41. The van der Waals surface area contributed by atoms with E-state index < -0.39 is 0 Å². The van der Waals surface area contributed by atoms with Gasteiger partial charge in [0, 0.05) is 6.42 Å². The van der Waals surface area contributed by atoms with Crippen LogP contribution in [0.5, 0.6) is 0 Å². The zero-order valence-corrected chi connectivity index (χ0v) is 31.0. The van der Waals surface area contributed by atoms with Gasteiger partial charge >= 0.3 is 0 Å². The van der Waals surface area contributed by atoms with Crippen molar-refractivity contribution < 1.29 is 4.57 Å². The highest BCUT2D eigenvalue weighted by molar-refractivity contribution is 4.84. The van der Waals surface area contributed by atoms with E-state index in [9.17, 15) is 0 Å². The van der Waals surface area contributed by atoms with E-state index in [-0.39, 0.29) is 0 Å². The molecule has 0 spiro atoms. The van der Waals surface area contributed by atoms with Crippen molar-refractivity contribution in [2.45, 2.75) is 252 Å². The summed E-state index contributed by atoms with van der Waals surface area (Å²) in [5.41, 5.74) is 0. The van der Waals surface area contributed by atoms with Crippen molar-refractivity contribution in [2.24, 2.45) is 0 Å². The molecule has 2 nitrogen and oxygen atoms in total. The summed E-state index contributed by atoms with van der Waals surface area (Å²) in [5.74, 6) is 1.62. The van der Waals surface area contributed by atoms with Crippen molar-refractivity contribution >= 4 is 0 Å². The summed E-state index contributed by atoms with van der Waals surface area (Å²) in [5, 5.41) is 0. The molecule has 0 saturated heterocycles. The maximum absolute atomic E-state index is 2.63. The van der Waals surface area contributed by atoms with E-state index in [1.807, 2.05) is 0 Å². The van der Waals surface area contributed by atoms with Crippen LogP contribution in [0.4, 0.5) is 0 Å². The predicted octanol–water partition coefficient (Wildman–Crippen LogP) is 14.3. The van der Waals surface area contributed by atoms with Crippen LogP contribution in [0.15, 0.2) is 12.4 Å². The lowest BCUT2D eigenvalue weighted by Gasteiger charge is -2.07. The van der Waals surface area contributed by atoms with Crippen LogP contribution in [0, 0.1) is 0 Å². The number of nitrogens with zero attached hydrogens (tertiary/aromatic N) is 2. The van der Waals surface area contributed by atoms with Gasteiger partial charge in [-0.3, -0.25) is 0 Å². The molecular formula is C42H83N2+. The molecule has 0 bridgehead atoms. The van der Waals surface area contributed by atoms with Crippen LogP contribution in [0.1, 0.15) is 238 Å². The highest BCUT2D eigenvalue weighted by Crippen LogP contribution is 2.15. The first-order valence-electron chi connectivity index (χ1n) is 20.9. The number of imidazole rings is 1. The Kier molecular flexibility index (Phi) is 31.5. The molecule has 0 fully saturated rings. The zero-order valence-electron chi connectivity index (χ0n) is 31.0. The van der Waals surface area contributed by atoms with E-state index in [2.05, 4.69) is 42.3 Å². The van der Waals surface area contributed by atoms with Gasteiger partial charge in [-0.1, -0.05) is 201 Å². The quantitative estimate of drug-likeness (QED) is 0.0524. The third-order valence-electron chi connectivity index (χ3n) is 10.1. The standard InChI is InChI=1S/C42H83N2/c1-4-7-10-13-15-17-19-21-22-24-26-28-30-33-36-39-44-41-40-43(42(44)37-34-31-12-9-6-3)38-35-32-29-27-25-23-20-18-16-14-11-8-5-2/h40-41H,4-39H2,1-3H3/q+1. The highest BCUT2D eigenvalue weighted by Gasteiger charge is 2.16. The largest absolute Gasteiger partial charge is 0.256 e. The third kappa shape index (κ3) is 25.4. The summed E-state index contributed by atoms with van der Waals surface area (Å²) < 4.78 is 5.26. The number of unbranched alkanes of at least 4 members (excludes halogenated alkanes) is 30. The Hall–Kier alpha value is -0.790. The summed E-state index contributed by atoms with van der Waals surface area (Å²) in [4.78, 5) is 0. The second-order valence-electron chi connectivity index (χ2n) is 14.5. The Morgan fingerprint density at radius 2 is 0.705 bits per heavy atom. The second-order valence-corrected chi connectivity index (χ2v) is 14.5. The lowest BCUT2D eigenvalue weighted by atomic mass is 10.0. The molecule has 0 atom stereocenters. The molecule has 260 valence electrons. The van der Waals surface area contributed by atoms with Crippen LogP contribution < -0.4 is 4.57 Å². The van der Waals surface area contributed by atoms with Crippen molar-refractivity contribution in [3.63, 3.8) is 0 Å². The number of aryl methyl sites for hydroxylation is 2. The molecular weight excluding hydrogens is 532 g/mol. The minimum absolute atomic E-state index is 1.23. The molecule has 0 radical (unpaired) electrons. The van der Waals surface area contributed by atoms with Gasteiger partial charge in [0.1, 0.15) is 12.4 Å². The van der Waals surface area contributed by atoms with E-state index in [1.54, 1.807) is 5.82 Å². The molecule has 0 aromatic carbocycles. The number of hydrogen-bond donors (Lipinski definition) is 0. The SMILES string of the molecule is CCCCCCCCCCCCCCCCCn1cc[n+](CCCCCCCCCCCCCCC)c1CCCCCCC. The first-order valence-corrected chi connectivity index (χ1v) is 20.9. The van der Waals surface area contributed by atoms with Crippen molar-refractivity contribution in [3.05, 3.63) is 18.2 Å². The van der Waals surface area contributed by atoms with Crippen molar-refractivity contribution in [3.8, 4) is 0 Å². The maximum Gasteiger partial charge on any atom is 0.256 e. The van der Waals surface area contributed by atoms with E-state index in [4.69, 9.17) is 0 Å². The van der Waals surface area contributed by atoms with Gasteiger partial charge in [0.2, 0.25) is 0 Å². The Morgan fingerprint density at radius 1 is 0.386 bits per heavy atom. The van der Waals surface area contributed by atoms with E-state index in [0.29, 0.717) is 0 Å². The lowest BCUT2D eigenvalue weighted by Crippen LogP contribution is -2.37. The average molecular weight is 616 g/mol. The van der Waals surface area contributed by atoms with Crippen LogP contribution in [0.3, 0.4) is 0 Å². The molecule has 44 heavy (non-hydrogen) atoms. The van der Waals surface area contributed by atoms with Crippen LogP contribution in [0.25, 0.3) is 0 Å². The monoisotopic (exact) mass is 616 g/mol. The Balaban J connectivity index is 2.17. The van der Waals surface area contributed by atoms with Crippen LogP contribution >= 0.6 is 0 Å². The van der Waals surface area contributed by atoms with E-state index in [0.717, 1.165) is 0 Å². The van der Waals surface area contributed by atoms with Crippen molar-refractivity contribution in [1.29, 1.82) is 0 Å². The topological polar surface area (TPSA) is 8.81 Å². The first-order chi connectivity index (χ1) is 21.8. The summed E-state index contributed by atoms with van der Waals surface area (Å²) in [7, 11) is 0. The summed E-state index contributed by atoms with van der Waals surface area (Å²) >= 11 is 0. The van der Waals surface area contributed by atoms with Crippen LogP contribution in [0.2, 0.25) is 0 Å². The van der Waals surface area contributed by atoms with Gasteiger partial charge in [0.15, 0.2) is 0 Å². The smallest absolute Gasteiger partial charge is 0.234 e. The second kappa shape index (κ2) is 33.6. The molecule has 0 aliphatic heterocycles. The molecule has 1 aromatic heterocycles. The van der Waals surface area contributed by atoms with Gasteiger partial charge in [-0.25, -0.2) is 9.13 Å². The predicted molar refractivity (Wildman–Crippen MR) is 198 cm³/mol. The lowest BCUT2D eigenvalue weighted by molar-refractivity contribution is -0.704. The van der Waals surface area contributed by atoms with Crippen LogP contribution in [-0.2, 0) is 19.5 Å². The Morgan fingerprint density at radius 3 is 1.09 bits per heavy atom. The van der Waals surface area contributed by atoms with Crippen molar-refractivity contribution in [1.82, 2.24) is 4.57 Å². The molecule has 0 aliphatic carbocycles. The fourth-order valence-corrected chi connectivity index (χ4v) is 7.03. The minimum Gasteiger partial charge on any atom is -0.234 e. The van der Waals surface area contributed by atoms with Crippen LogP contribution in [-0.4, -0.2) is 4.57 Å². The third-order valence-corrected chi connectivity index (χ3v) is 10.1. The van der Waals surface area contributed by atoms with Gasteiger partial charge < -0.3 is 0 Å². The minimum atomic E-state index is 1.23. The normalized spacial score (nSPS) is 11.6. The fraction of sp³-hybridized carbons (Fsp3) is 0.929. The molecule has 2 heteroatoms. The molecule has 0 unspecified atom stereocenters. The van der Waals surface area contributed by atoms with Gasteiger partial charge in [-0.05, 0) is 32.1 Å². The highest BCUT2D eigenvalue weighted by atomic mass is 15.1. The fourth-order valence-electron chi connectivity index (χ4n) is 7.03. The first kappa shape index (κ1) is 41.2. The molecule has 0 amide bonds. The molecule has 0 aliphatic rings. The zero-order chi connectivity index (χ0) is 31.6. The molecule has 1 heterocycles. The molecule has 0 N–H and O–H groups in total. The van der Waals surface area contributed by atoms with Gasteiger partial charge in [0.25, 0.3) is 5.82 Å². The molecule has 1 aromatic rings. The van der Waals surface area contributed by atoms with Gasteiger partial charge in [0.05, 0.1) is 13.1 Å². The molecule has 0 saturated carbocycles. The Bertz CT molecular complexity index is 677. The van der Waals surface area contributed by atoms with Gasteiger partial charge in [-0.2, -0.15) is 0 Å².